The third-order valence-corrected chi connectivity index (χ3v) is 8.61. The SMILES string of the molecule is c1ccc(-c2nc(-c3ccccc3)nc(-c3cccc4ccc5[se]c(-c6ccccc6)nc5c34)n2)cc1. The van der Waals surface area contributed by atoms with Crippen molar-refractivity contribution in [2.45, 2.75) is 0 Å². The van der Waals surface area contributed by atoms with Crippen molar-refractivity contribution < 1.29 is 0 Å². The molecule has 7 rings (SSSR count). The molecule has 0 atom stereocenters. The Balaban J connectivity index is 1.50. The van der Waals surface area contributed by atoms with Gasteiger partial charge >= 0.3 is 221 Å². The molecule has 5 heteroatoms. The minimum absolute atomic E-state index is 0.140. The summed E-state index contributed by atoms with van der Waals surface area (Å²) < 4.78 is 2.43. The number of nitrogens with zero attached hydrogens (tertiary/aromatic N) is 4. The van der Waals surface area contributed by atoms with Gasteiger partial charge in [0.15, 0.2) is 0 Å². The standard InChI is InChI=1S/C32H20N4Se/c1-4-11-22(12-5-1)29-34-30(23-13-6-2-7-14-23)36-31(35-29)25-18-10-17-21-19-20-26-28(27(21)25)33-32(37-26)24-15-8-3-9-16-24/h1-20H. The van der Waals surface area contributed by atoms with Crippen molar-refractivity contribution in [1.82, 2.24) is 19.9 Å². The van der Waals surface area contributed by atoms with Gasteiger partial charge in [-0.15, -0.1) is 0 Å². The zero-order valence-corrected chi connectivity index (χ0v) is 21.5. The molecule has 4 nitrogen and oxygen atoms in total. The number of rotatable bonds is 4. The van der Waals surface area contributed by atoms with Gasteiger partial charge in [-0.25, -0.2) is 0 Å². The molecule has 37 heavy (non-hydrogen) atoms. The van der Waals surface area contributed by atoms with Gasteiger partial charge < -0.3 is 0 Å². The van der Waals surface area contributed by atoms with E-state index in [-0.39, 0.29) is 14.5 Å². The number of benzene rings is 5. The molecule has 2 aromatic heterocycles. The zero-order chi connectivity index (χ0) is 24.6. The van der Waals surface area contributed by atoms with Crippen LogP contribution in [0.5, 0.6) is 0 Å². The van der Waals surface area contributed by atoms with E-state index >= 15 is 0 Å². The van der Waals surface area contributed by atoms with E-state index < -0.39 is 0 Å². The van der Waals surface area contributed by atoms with E-state index in [1.807, 2.05) is 66.7 Å². The van der Waals surface area contributed by atoms with E-state index in [1.165, 1.54) is 9.82 Å². The second kappa shape index (κ2) is 9.21. The molecule has 2 heterocycles. The summed E-state index contributed by atoms with van der Waals surface area (Å²) >= 11 is 0.140. The van der Waals surface area contributed by atoms with E-state index in [1.54, 1.807) is 0 Å². The average molecular weight is 540 g/mol. The van der Waals surface area contributed by atoms with Gasteiger partial charge in [-0.2, -0.15) is 0 Å². The van der Waals surface area contributed by atoms with Gasteiger partial charge in [-0.05, 0) is 0 Å². The fourth-order valence-electron chi connectivity index (χ4n) is 4.58. The Morgan fingerprint density at radius 3 is 1.62 bits per heavy atom. The normalized spacial score (nSPS) is 11.2. The van der Waals surface area contributed by atoms with Crippen LogP contribution in [0.25, 0.3) is 64.8 Å². The van der Waals surface area contributed by atoms with Crippen LogP contribution in [0.15, 0.2) is 121 Å². The average Bonchev–Trinajstić information content (AvgIpc) is 3.43. The first-order chi connectivity index (χ1) is 18.3. The van der Waals surface area contributed by atoms with Gasteiger partial charge in [-0.1, -0.05) is 0 Å². The molecule has 0 saturated carbocycles. The van der Waals surface area contributed by atoms with E-state index in [2.05, 4.69) is 54.6 Å². The Labute approximate surface area is 220 Å². The van der Waals surface area contributed by atoms with Crippen LogP contribution in [-0.4, -0.2) is 34.4 Å². The molecule has 0 N–H and O–H groups in total. The topological polar surface area (TPSA) is 51.6 Å². The third kappa shape index (κ3) is 4.05. The van der Waals surface area contributed by atoms with Crippen LogP contribution < -0.4 is 0 Å². The van der Waals surface area contributed by atoms with Crippen molar-refractivity contribution in [3.63, 3.8) is 0 Å². The number of hydrogen-bond donors (Lipinski definition) is 0. The predicted octanol–water partition coefficient (Wildman–Crippen LogP) is 7.30. The van der Waals surface area contributed by atoms with E-state index in [0.717, 1.165) is 37.5 Å². The van der Waals surface area contributed by atoms with Gasteiger partial charge in [0.2, 0.25) is 0 Å². The Morgan fingerprint density at radius 1 is 0.432 bits per heavy atom. The molecule has 0 spiro atoms. The van der Waals surface area contributed by atoms with E-state index in [4.69, 9.17) is 19.9 Å². The van der Waals surface area contributed by atoms with Gasteiger partial charge in [0.25, 0.3) is 0 Å². The van der Waals surface area contributed by atoms with Crippen molar-refractivity contribution in [1.29, 1.82) is 0 Å². The molecule has 0 aliphatic carbocycles. The fourth-order valence-corrected chi connectivity index (χ4v) is 6.64. The number of fused-ring (bicyclic) bond motifs is 3. The van der Waals surface area contributed by atoms with Gasteiger partial charge in [0, 0.05) is 0 Å². The molecule has 7 aromatic rings. The number of hydrogen-bond acceptors (Lipinski definition) is 4. The molecule has 0 aliphatic rings. The predicted molar refractivity (Wildman–Crippen MR) is 151 cm³/mol. The molecule has 5 aromatic carbocycles. The quantitative estimate of drug-likeness (QED) is 0.220. The molecule has 0 radical (unpaired) electrons. The summed E-state index contributed by atoms with van der Waals surface area (Å²) in [6, 6.07) is 41.4. The van der Waals surface area contributed by atoms with Crippen LogP contribution in [0.3, 0.4) is 0 Å². The van der Waals surface area contributed by atoms with Crippen LogP contribution in [0.2, 0.25) is 0 Å². The molecule has 174 valence electrons. The molecule has 0 amide bonds. The summed E-state index contributed by atoms with van der Waals surface area (Å²) in [5.41, 5.74) is 5.11. The summed E-state index contributed by atoms with van der Waals surface area (Å²) in [4.78, 5) is 20.0. The molecule has 0 saturated heterocycles. The van der Waals surface area contributed by atoms with Crippen molar-refractivity contribution in [3.8, 4) is 44.3 Å². The van der Waals surface area contributed by atoms with Crippen LogP contribution in [0, 0.1) is 0 Å². The van der Waals surface area contributed by atoms with Crippen molar-refractivity contribution in [3.05, 3.63) is 121 Å². The Kier molecular flexibility index (Phi) is 5.43. The maximum absolute atomic E-state index is 5.17. The zero-order valence-electron chi connectivity index (χ0n) is 19.7. The van der Waals surface area contributed by atoms with Gasteiger partial charge in [0.05, 0.1) is 0 Å². The first kappa shape index (κ1) is 21.8. The van der Waals surface area contributed by atoms with Crippen molar-refractivity contribution in [2.75, 3.05) is 0 Å². The Bertz CT molecular complexity index is 1810. The summed E-state index contributed by atoms with van der Waals surface area (Å²) in [7, 11) is 0. The summed E-state index contributed by atoms with van der Waals surface area (Å²) in [5.74, 6) is 1.97. The molecule has 0 bridgehead atoms. The Morgan fingerprint density at radius 2 is 1.00 bits per heavy atom. The summed E-state index contributed by atoms with van der Waals surface area (Å²) in [6.45, 7) is 0. The van der Waals surface area contributed by atoms with Crippen molar-refractivity contribution in [2.24, 2.45) is 0 Å². The van der Waals surface area contributed by atoms with Gasteiger partial charge in [0.1, 0.15) is 0 Å². The third-order valence-electron chi connectivity index (χ3n) is 6.36. The van der Waals surface area contributed by atoms with Crippen LogP contribution in [0.1, 0.15) is 0 Å². The van der Waals surface area contributed by atoms with Gasteiger partial charge in [-0.3, -0.25) is 0 Å². The summed E-state index contributed by atoms with van der Waals surface area (Å²) in [5, 5.41) is 2.23. The second-order valence-corrected chi connectivity index (χ2v) is 10.9. The fraction of sp³-hybridized carbons (Fsp3) is 0. The Hall–Kier alpha value is -4.44. The molecule has 0 aliphatic heterocycles. The molecule has 0 fully saturated rings. The molecular weight excluding hydrogens is 519 g/mol. The van der Waals surface area contributed by atoms with E-state index in [0.29, 0.717) is 17.5 Å². The molecule has 0 unspecified atom stereocenters. The second-order valence-electron chi connectivity index (χ2n) is 8.74. The van der Waals surface area contributed by atoms with Crippen LogP contribution in [-0.2, 0) is 0 Å². The maximum atomic E-state index is 5.17. The van der Waals surface area contributed by atoms with Crippen molar-refractivity contribution >= 4 is 35.1 Å². The monoisotopic (exact) mass is 540 g/mol. The van der Waals surface area contributed by atoms with E-state index in [9.17, 15) is 0 Å². The molecular formula is C32H20N4Se. The van der Waals surface area contributed by atoms with Crippen LogP contribution in [0.4, 0.5) is 0 Å². The van der Waals surface area contributed by atoms with Crippen LogP contribution >= 0.6 is 0 Å². The first-order valence-electron chi connectivity index (χ1n) is 12.1. The number of aromatic nitrogens is 4. The minimum atomic E-state index is 0.140. The first-order valence-corrected chi connectivity index (χ1v) is 13.8. The summed E-state index contributed by atoms with van der Waals surface area (Å²) in [6.07, 6.45) is 0.